The van der Waals surface area contributed by atoms with Crippen LogP contribution in [0.25, 0.3) is 11.3 Å². The number of hydrogen-bond acceptors (Lipinski definition) is 7. The summed E-state index contributed by atoms with van der Waals surface area (Å²) in [7, 11) is -4.05. The van der Waals surface area contributed by atoms with Gasteiger partial charge >= 0.3 is 0 Å². The first-order valence-electron chi connectivity index (χ1n) is 8.12. The second-order valence-electron chi connectivity index (χ2n) is 6.49. The number of rotatable bonds is 6. The minimum absolute atomic E-state index is 0.0602. The minimum atomic E-state index is -4.05. The number of nitrogens with zero attached hydrogens (tertiary/aromatic N) is 2. The normalized spacial score (nSPS) is 12.8. The lowest BCUT2D eigenvalue weighted by molar-refractivity contribution is -0.120. The Balaban J connectivity index is 2.29. The first-order chi connectivity index (χ1) is 12.1. The van der Waals surface area contributed by atoms with E-state index in [0.717, 1.165) is 0 Å². The standard InChI is InChI=1S/C17H23N5O3S/c1-10(2)7-14(18)16(23)22-26(24,25)13-6-4-5-12(9-13)15-8-11(3)20-17(19)21-15/h4-6,8-10,14H,7,18H2,1-3H3,(H,22,23)(H2,19,20,21). The number of aryl methyl sites for hydroxylation is 1. The van der Waals surface area contributed by atoms with Crippen molar-refractivity contribution in [1.29, 1.82) is 0 Å². The molecule has 1 aromatic carbocycles. The van der Waals surface area contributed by atoms with E-state index in [0.29, 0.717) is 23.4 Å². The second-order valence-corrected chi connectivity index (χ2v) is 8.17. The fraction of sp³-hybridized carbons (Fsp3) is 0.353. The number of sulfonamides is 1. The van der Waals surface area contributed by atoms with Crippen molar-refractivity contribution < 1.29 is 13.2 Å². The summed E-state index contributed by atoms with van der Waals surface area (Å²) in [5, 5.41) is 0. The fourth-order valence-corrected chi connectivity index (χ4v) is 3.52. The van der Waals surface area contributed by atoms with E-state index >= 15 is 0 Å². The van der Waals surface area contributed by atoms with E-state index in [1.807, 2.05) is 18.6 Å². The molecule has 5 N–H and O–H groups in total. The topological polar surface area (TPSA) is 141 Å². The van der Waals surface area contributed by atoms with Crippen molar-refractivity contribution in [1.82, 2.24) is 14.7 Å². The lowest BCUT2D eigenvalue weighted by Gasteiger charge is -2.14. The molecule has 0 aliphatic rings. The van der Waals surface area contributed by atoms with Crippen molar-refractivity contribution in [2.24, 2.45) is 11.7 Å². The average Bonchev–Trinajstić information content (AvgIpc) is 2.53. The van der Waals surface area contributed by atoms with Crippen LogP contribution in [0.3, 0.4) is 0 Å². The molecule has 1 aromatic heterocycles. The van der Waals surface area contributed by atoms with Crippen molar-refractivity contribution in [2.75, 3.05) is 5.73 Å². The van der Waals surface area contributed by atoms with Crippen LogP contribution in [0.4, 0.5) is 5.95 Å². The Bertz CT molecular complexity index is 892. The molecular formula is C17H23N5O3S. The number of amides is 1. The molecule has 0 saturated heterocycles. The molecule has 26 heavy (non-hydrogen) atoms. The molecule has 0 radical (unpaired) electrons. The van der Waals surface area contributed by atoms with Crippen molar-refractivity contribution in [3.63, 3.8) is 0 Å². The van der Waals surface area contributed by atoms with Gasteiger partial charge in [-0.2, -0.15) is 0 Å². The number of anilines is 1. The van der Waals surface area contributed by atoms with Gasteiger partial charge in [-0.3, -0.25) is 4.79 Å². The molecule has 1 amide bonds. The highest BCUT2D eigenvalue weighted by atomic mass is 32.2. The molecule has 2 rings (SSSR count). The molecule has 0 spiro atoms. The summed E-state index contributed by atoms with van der Waals surface area (Å²) in [5.41, 5.74) is 13.1. The third-order valence-corrected chi connectivity index (χ3v) is 4.95. The SMILES string of the molecule is Cc1cc(-c2cccc(S(=O)(=O)NC(=O)C(N)CC(C)C)c2)nc(N)n1. The summed E-state index contributed by atoms with van der Waals surface area (Å²) < 4.78 is 27.0. The Morgan fingerprint density at radius 1 is 1.23 bits per heavy atom. The molecule has 9 heteroatoms. The number of hydrogen-bond donors (Lipinski definition) is 3. The maximum Gasteiger partial charge on any atom is 0.264 e. The first-order valence-corrected chi connectivity index (χ1v) is 9.60. The van der Waals surface area contributed by atoms with Gasteiger partial charge in [0, 0.05) is 11.3 Å². The summed E-state index contributed by atoms with van der Waals surface area (Å²) in [6.07, 6.45) is 0.390. The van der Waals surface area contributed by atoms with Gasteiger partial charge < -0.3 is 11.5 Å². The van der Waals surface area contributed by atoms with Gasteiger partial charge in [0.25, 0.3) is 15.9 Å². The lowest BCUT2D eigenvalue weighted by atomic mass is 10.0. The zero-order chi connectivity index (χ0) is 19.5. The smallest absolute Gasteiger partial charge is 0.264 e. The molecule has 8 nitrogen and oxygen atoms in total. The Labute approximate surface area is 153 Å². The van der Waals surface area contributed by atoms with Crippen molar-refractivity contribution in [3.8, 4) is 11.3 Å². The van der Waals surface area contributed by atoms with Crippen LogP contribution in [0.5, 0.6) is 0 Å². The average molecular weight is 377 g/mol. The Morgan fingerprint density at radius 3 is 2.54 bits per heavy atom. The molecule has 0 aliphatic heterocycles. The van der Waals surface area contributed by atoms with E-state index in [4.69, 9.17) is 11.5 Å². The van der Waals surface area contributed by atoms with Crippen LogP contribution in [-0.2, 0) is 14.8 Å². The lowest BCUT2D eigenvalue weighted by Crippen LogP contribution is -2.43. The monoisotopic (exact) mass is 377 g/mol. The molecule has 2 aromatic rings. The van der Waals surface area contributed by atoms with Crippen LogP contribution < -0.4 is 16.2 Å². The first kappa shape index (κ1) is 19.8. The van der Waals surface area contributed by atoms with Crippen LogP contribution in [0.15, 0.2) is 35.2 Å². The maximum atomic E-state index is 12.5. The summed E-state index contributed by atoms with van der Waals surface area (Å²) in [4.78, 5) is 20.1. The minimum Gasteiger partial charge on any atom is -0.368 e. The van der Waals surface area contributed by atoms with E-state index in [2.05, 4.69) is 9.97 Å². The van der Waals surface area contributed by atoms with Crippen LogP contribution in [0.2, 0.25) is 0 Å². The molecule has 0 aliphatic carbocycles. The van der Waals surface area contributed by atoms with Crippen molar-refractivity contribution in [2.45, 2.75) is 38.1 Å². The highest BCUT2D eigenvalue weighted by Gasteiger charge is 2.23. The number of carbonyl (C=O) groups excluding carboxylic acids is 1. The van der Waals surface area contributed by atoms with Crippen LogP contribution >= 0.6 is 0 Å². The summed E-state index contributed by atoms with van der Waals surface area (Å²) >= 11 is 0. The summed E-state index contributed by atoms with van der Waals surface area (Å²) in [6, 6.07) is 6.88. The van der Waals surface area contributed by atoms with Gasteiger partial charge in [-0.25, -0.2) is 23.1 Å². The van der Waals surface area contributed by atoms with Crippen LogP contribution in [0.1, 0.15) is 26.0 Å². The third kappa shape index (κ3) is 4.99. The number of aromatic nitrogens is 2. The predicted octanol–water partition coefficient (Wildman–Crippen LogP) is 1.21. The number of nitrogen functional groups attached to an aromatic ring is 1. The van der Waals surface area contributed by atoms with E-state index in [1.54, 1.807) is 25.1 Å². The van der Waals surface area contributed by atoms with Gasteiger partial charge in [0.05, 0.1) is 16.6 Å². The molecule has 1 atom stereocenters. The highest BCUT2D eigenvalue weighted by Crippen LogP contribution is 2.22. The molecule has 140 valence electrons. The molecule has 0 saturated carbocycles. The molecule has 1 heterocycles. The predicted molar refractivity (Wildman–Crippen MR) is 99.4 cm³/mol. The van der Waals surface area contributed by atoms with Gasteiger partial charge in [-0.15, -0.1) is 0 Å². The van der Waals surface area contributed by atoms with Gasteiger partial charge in [0.2, 0.25) is 5.95 Å². The van der Waals surface area contributed by atoms with Gasteiger partial charge in [0.1, 0.15) is 0 Å². The number of nitrogens with one attached hydrogen (secondary N) is 1. The Kier molecular flexibility index (Phi) is 5.94. The summed E-state index contributed by atoms with van der Waals surface area (Å²) in [6.45, 7) is 5.57. The fourth-order valence-electron chi connectivity index (χ4n) is 2.44. The molecule has 0 bridgehead atoms. The molecular weight excluding hydrogens is 354 g/mol. The number of nitrogens with two attached hydrogens (primary N) is 2. The highest BCUT2D eigenvalue weighted by molar-refractivity contribution is 7.90. The maximum absolute atomic E-state index is 12.5. The van der Waals surface area contributed by atoms with E-state index in [9.17, 15) is 13.2 Å². The van der Waals surface area contributed by atoms with E-state index in [-0.39, 0.29) is 16.8 Å². The second kappa shape index (κ2) is 7.79. The van der Waals surface area contributed by atoms with Gasteiger partial charge in [-0.05, 0) is 37.5 Å². The molecule has 0 fully saturated rings. The number of benzene rings is 1. The quantitative estimate of drug-likeness (QED) is 0.687. The van der Waals surface area contributed by atoms with Crippen LogP contribution in [-0.4, -0.2) is 30.3 Å². The Morgan fingerprint density at radius 2 is 1.92 bits per heavy atom. The zero-order valence-electron chi connectivity index (χ0n) is 14.9. The van der Waals surface area contributed by atoms with Crippen LogP contribution in [0, 0.1) is 12.8 Å². The van der Waals surface area contributed by atoms with Gasteiger partial charge in [-0.1, -0.05) is 26.0 Å². The number of carbonyl (C=O) groups is 1. The molecule has 1 unspecified atom stereocenters. The van der Waals surface area contributed by atoms with Crippen molar-refractivity contribution >= 4 is 21.9 Å². The Hall–Kier alpha value is -2.52. The van der Waals surface area contributed by atoms with E-state index < -0.39 is 22.0 Å². The third-order valence-electron chi connectivity index (χ3n) is 3.61. The van der Waals surface area contributed by atoms with E-state index in [1.165, 1.54) is 12.1 Å². The summed E-state index contributed by atoms with van der Waals surface area (Å²) in [5.74, 6) is -0.458. The zero-order valence-corrected chi connectivity index (χ0v) is 15.7. The van der Waals surface area contributed by atoms with Crippen molar-refractivity contribution in [3.05, 3.63) is 36.0 Å². The largest absolute Gasteiger partial charge is 0.368 e. The van der Waals surface area contributed by atoms with Gasteiger partial charge in [0.15, 0.2) is 0 Å².